The fourth-order valence-corrected chi connectivity index (χ4v) is 5.02. The summed E-state index contributed by atoms with van der Waals surface area (Å²) >= 11 is 0. The van der Waals surface area contributed by atoms with Crippen LogP contribution >= 0.6 is 0 Å². The van der Waals surface area contributed by atoms with Gasteiger partial charge >= 0.3 is 0 Å². The van der Waals surface area contributed by atoms with Gasteiger partial charge in [0.2, 0.25) is 0 Å². The van der Waals surface area contributed by atoms with E-state index < -0.39 is 0 Å². The third kappa shape index (κ3) is 2.59. The Labute approximate surface area is 167 Å². The average Bonchev–Trinajstić information content (AvgIpc) is 3.07. The van der Waals surface area contributed by atoms with Crippen molar-refractivity contribution in [3.8, 4) is 11.1 Å². The molecule has 1 aliphatic rings. The van der Waals surface area contributed by atoms with Gasteiger partial charge in [-0.3, -0.25) is 0 Å². The van der Waals surface area contributed by atoms with Gasteiger partial charge in [0.05, 0.1) is 0 Å². The first-order valence-corrected chi connectivity index (χ1v) is 10.5. The first-order valence-electron chi connectivity index (χ1n) is 10.5. The van der Waals surface area contributed by atoms with Crippen LogP contribution in [0.15, 0.2) is 78.9 Å². The summed E-state index contributed by atoms with van der Waals surface area (Å²) in [5.41, 5.74) is 10.2. The molecule has 0 aromatic heterocycles. The Hall–Kier alpha value is -2.86. The second-order valence-corrected chi connectivity index (χ2v) is 8.00. The molecule has 28 heavy (non-hydrogen) atoms. The third-order valence-corrected chi connectivity index (χ3v) is 6.41. The van der Waals surface area contributed by atoms with Gasteiger partial charge in [0.15, 0.2) is 0 Å². The molecule has 0 fully saturated rings. The van der Waals surface area contributed by atoms with Gasteiger partial charge in [0, 0.05) is 5.92 Å². The predicted octanol–water partition coefficient (Wildman–Crippen LogP) is 7.65. The summed E-state index contributed by atoms with van der Waals surface area (Å²) in [6.07, 6.45) is 3.63. The molecule has 0 saturated heterocycles. The molecule has 0 saturated carbocycles. The Morgan fingerprint density at radius 3 is 2.00 bits per heavy atom. The summed E-state index contributed by atoms with van der Waals surface area (Å²) in [5.74, 6) is 0.331. The van der Waals surface area contributed by atoms with Crippen molar-refractivity contribution in [2.45, 2.75) is 39.0 Å². The number of benzene rings is 4. The lowest BCUT2D eigenvalue weighted by Gasteiger charge is -2.21. The zero-order valence-corrected chi connectivity index (χ0v) is 16.7. The smallest absolute Gasteiger partial charge is 0.0355 e. The maximum Gasteiger partial charge on any atom is 0.0355 e. The van der Waals surface area contributed by atoms with Crippen molar-refractivity contribution < 1.29 is 0 Å². The predicted molar refractivity (Wildman–Crippen MR) is 120 cm³/mol. The molecule has 0 heteroatoms. The zero-order valence-electron chi connectivity index (χ0n) is 16.7. The van der Waals surface area contributed by atoms with Crippen LogP contribution in [-0.4, -0.2) is 0 Å². The van der Waals surface area contributed by atoms with Crippen molar-refractivity contribution in [1.29, 1.82) is 0 Å². The van der Waals surface area contributed by atoms with Crippen LogP contribution in [0.1, 0.15) is 53.5 Å². The molecule has 0 spiro atoms. The van der Waals surface area contributed by atoms with Crippen molar-refractivity contribution in [2.24, 2.45) is 0 Å². The minimum absolute atomic E-state index is 0.331. The number of aryl methyl sites for hydroxylation is 1. The highest BCUT2D eigenvalue weighted by Gasteiger charge is 2.31. The summed E-state index contributed by atoms with van der Waals surface area (Å²) in [4.78, 5) is 0. The summed E-state index contributed by atoms with van der Waals surface area (Å²) in [7, 11) is 0. The van der Waals surface area contributed by atoms with E-state index in [2.05, 4.69) is 92.7 Å². The highest BCUT2D eigenvalue weighted by Crippen LogP contribution is 2.49. The van der Waals surface area contributed by atoms with Crippen molar-refractivity contribution >= 4 is 10.8 Å². The van der Waals surface area contributed by atoms with E-state index in [9.17, 15) is 0 Å². The van der Waals surface area contributed by atoms with Crippen molar-refractivity contribution in [3.63, 3.8) is 0 Å². The standard InChI is InChI=1S/C28H26/c1-3-4-12-21-19(2)27(18-20-11-5-6-13-22(20)21)28-25-16-9-7-14-23(25)24-15-8-10-17-26(24)28/h5-11,13-18,28H,3-4,12H2,1-2H3. The Morgan fingerprint density at radius 1 is 0.714 bits per heavy atom. The molecule has 0 atom stereocenters. The molecule has 4 aromatic rings. The minimum Gasteiger partial charge on any atom is -0.0654 e. The van der Waals surface area contributed by atoms with Crippen LogP contribution in [0.25, 0.3) is 21.9 Å². The average molecular weight is 363 g/mol. The Kier molecular flexibility index (Phi) is 4.28. The number of unbranched alkanes of at least 4 members (excludes halogenated alkanes) is 1. The largest absolute Gasteiger partial charge is 0.0654 e. The first kappa shape index (κ1) is 17.3. The quantitative estimate of drug-likeness (QED) is 0.308. The minimum atomic E-state index is 0.331. The van der Waals surface area contributed by atoms with Crippen LogP contribution in [0.4, 0.5) is 0 Å². The van der Waals surface area contributed by atoms with Crippen LogP contribution in [0, 0.1) is 6.92 Å². The van der Waals surface area contributed by atoms with Gasteiger partial charge in [0.25, 0.3) is 0 Å². The fourth-order valence-electron chi connectivity index (χ4n) is 5.02. The van der Waals surface area contributed by atoms with Gasteiger partial charge in [-0.05, 0) is 75.5 Å². The number of rotatable bonds is 4. The summed E-state index contributed by atoms with van der Waals surface area (Å²) in [5, 5.41) is 2.80. The topological polar surface area (TPSA) is 0 Å². The Morgan fingerprint density at radius 2 is 1.32 bits per heavy atom. The second kappa shape index (κ2) is 6.95. The van der Waals surface area contributed by atoms with Crippen LogP contribution < -0.4 is 0 Å². The third-order valence-electron chi connectivity index (χ3n) is 6.41. The van der Waals surface area contributed by atoms with E-state index in [4.69, 9.17) is 0 Å². The van der Waals surface area contributed by atoms with Crippen LogP contribution in [-0.2, 0) is 6.42 Å². The first-order chi connectivity index (χ1) is 13.8. The SMILES string of the molecule is CCCCc1c(C)c(C2c3ccccc3-c3ccccc32)cc2ccccc12. The van der Waals surface area contributed by atoms with Gasteiger partial charge in [-0.25, -0.2) is 0 Å². The molecule has 0 amide bonds. The van der Waals surface area contributed by atoms with Crippen LogP contribution in [0.3, 0.4) is 0 Å². The van der Waals surface area contributed by atoms with Crippen LogP contribution in [0.5, 0.6) is 0 Å². The monoisotopic (exact) mass is 362 g/mol. The highest BCUT2D eigenvalue weighted by molar-refractivity contribution is 5.89. The molecular formula is C28H26. The second-order valence-electron chi connectivity index (χ2n) is 8.00. The van der Waals surface area contributed by atoms with Crippen molar-refractivity contribution in [3.05, 3.63) is 107 Å². The maximum atomic E-state index is 2.45. The van der Waals surface area contributed by atoms with Gasteiger partial charge in [-0.1, -0.05) is 86.1 Å². The van der Waals surface area contributed by atoms with E-state index in [1.807, 2.05) is 0 Å². The summed E-state index contributed by atoms with van der Waals surface area (Å²) in [6.45, 7) is 4.63. The normalized spacial score (nSPS) is 12.9. The molecule has 1 aliphatic carbocycles. The molecule has 138 valence electrons. The lowest BCUT2D eigenvalue weighted by atomic mass is 9.82. The molecule has 5 rings (SSSR count). The number of fused-ring (bicyclic) bond motifs is 4. The lowest BCUT2D eigenvalue weighted by Crippen LogP contribution is -2.05. The van der Waals surface area contributed by atoms with Crippen molar-refractivity contribution in [1.82, 2.24) is 0 Å². The van der Waals surface area contributed by atoms with Gasteiger partial charge < -0.3 is 0 Å². The van der Waals surface area contributed by atoms with Crippen LogP contribution in [0.2, 0.25) is 0 Å². The van der Waals surface area contributed by atoms with Gasteiger partial charge in [-0.15, -0.1) is 0 Å². The fraction of sp³-hybridized carbons (Fsp3) is 0.214. The van der Waals surface area contributed by atoms with E-state index in [1.165, 1.54) is 62.6 Å². The highest BCUT2D eigenvalue weighted by atomic mass is 14.3. The molecule has 0 heterocycles. The van der Waals surface area contributed by atoms with E-state index in [1.54, 1.807) is 0 Å². The van der Waals surface area contributed by atoms with Gasteiger partial charge in [0.1, 0.15) is 0 Å². The molecule has 0 radical (unpaired) electrons. The molecule has 0 bridgehead atoms. The maximum absolute atomic E-state index is 2.45. The Balaban J connectivity index is 1.79. The molecular weight excluding hydrogens is 336 g/mol. The van der Waals surface area contributed by atoms with E-state index >= 15 is 0 Å². The van der Waals surface area contributed by atoms with E-state index in [0.29, 0.717) is 5.92 Å². The number of hydrogen-bond acceptors (Lipinski definition) is 0. The number of hydrogen-bond donors (Lipinski definition) is 0. The molecule has 0 N–H and O–H groups in total. The molecule has 4 aromatic carbocycles. The zero-order chi connectivity index (χ0) is 19.1. The summed E-state index contributed by atoms with van der Waals surface area (Å²) < 4.78 is 0. The van der Waals surface area contributed by atoms with E-state index in [0.717, 1.165) is 6.42 Å². The molecule has 0 nitrogen and oxygen atoms in total. The van der Waals surface area contributed by atoms with Gasteiger partial charge in [-0.2, -0.15) is 0 Å². The van der Waals surface area contributed by atoms with Crippen molar-refractivity contribution in [2.75, 3.05) is 0 Å². The Bertz CT molecular complexity index is 1120. The lowest BCUT2D eigenvalue weighted by molar-refractivity contribution is 0.793. The molecule has 0 unspecified atom stereocenters. The molecule has 0 aliphatic heterocycles. The summed E-state index contributed by atoms with van der Waals surface area (Å²) in [6, 6.07) is 29.3. The van der Waals surface area contributed by atoms with E-state index in [-0.39, 0.29) is 0 Å².